The fourth-order valence-electron chi connectivity index (χ4n) is 1.78. The zero-order chi connectivity index (χ0) is 13.8. The van der Waals surface area contributed by atoms with E-state index < -0.39 is 0 Å². The second-order valence-electron chi connectivity index (χ2n) is 4.29. The minimum absolute atomic E-state index is 0.291. The summed E-state index contributed by atoms with van der Waals surface area (Å²) in [5, 5.41) is 3.03. The molecule has 2 aromatic rings. The van der Waals surface area contributed by atoms with Gasteiger partial charge in [0, 0.05) is 11.8 Å². The van der Waals surface area contributed by atoms with Gasteiger partial charge in [0.2, 0.25) is 0 Å². The first kappa shape index (κ1) is 13.2. The van der Waals surface area contributed by atoms with E-state index in [-0.39, 0.29) is 5.82 Å². The molecular weight excluding hydrogens is 243 g/mol. The van der Waals surface area contributed by atoms with Crippen molar-refractivity contribution >= 4 is 17.1 Å². The Bertz CT molecular complexity index is 584. The largest absolute Gasteiger partial charge is 0.492 e. The van der Waals surface area contributed by atoms with Crippen molar-refractivity contribution in [3.05, 3.63) is 47.8 Å². The number of benzene rings is 2. The van der Waals surface area contributed by atoms with Crippen LogP contribution in [0.2, 0.25) is 0 Å². The van der Waals surface area contributed by atoms with Gasteiger partial charge in [-0.05, 0) is 43.7 Å². The molecule has 3 nitrogen and oxygen atoms in total. The molecule has 0 aromatic heterocycles. The number of anilines is 3. The summed E-state index contributed by atoms with van der Waals surface area (Å²) in [6.45, 7) is 4.34. The van der Waals surface area contributed by atoms with Crippen LogP contribution in [-0.2, 0) is 0 Å². The number of hydrogen-bond acceptors (Lipinski definition) is 3. The number of nitrogens with two attached hydrogens (primary N) is 1. The molecule has 0 spiro atoms. The predicted molar refractivity (Wildman–Crippen MR) is 76.4 cm³/mol. The first-order chi connectivity index (χ1) is 9.10. The highest BCUT2D eigenvalue weighted by molar-refractivity contribution is 5.67. The van der Waals surface area contributed by atoms with Crippen LogP contribution in [0.5, 0.6) is 5.75 Å². The molecule has 100 valence electrons. The van der Waals surface area contributed by atoms with Crippen LogP contribution in [0.25, 0.3) is 0 Å². The second-order valence-corrected chi connectivity index (χ2v) is 4.29. The van der Waals surface area contributed by atoms with Gasteiger partial charge < -0.3 is 15.8 Å². The number of aryl methyl sites for hydroxylation is 1. The van der Waals surface area contributed by atoms with E-state index in [0.29, 0.717) is 23.7 Å². The van der Waals surface area contributed by atoms with E-state index in [0.717, 1.165) is 11.3 Å². The van der Waals surface area contributed by atoms with E-state index in [1.165, 1.54) is 6.07 Å². The van der Waals surface area contributed by atoms with Crippen LogP contribution in [0.3, 0.4) is 0 Å². The van der Waals surface area contributed by atoms with Crippen LogP contribution in [0.15, 0.2) is 36.4 Å². The average Bonchev–Trinajstić information content (AvgIpc) is 2.38. The smallest absolute Gasteiger partial charge is 0.146 e. The Kier molecular flexibility index (Phi) is 3.90. The maximum atomic E-state index is 13.7. The third-order valence-electron chi connectivity index (χ3n) is 2.71. The minimum atomic E-state index is -0.291. The van der Waals surface area contributed by atoms with Gasteiger partial charge in [0.1, 0.15) is 11.6 Å². The molecule has 0 amide bonds. The molecule has 0 aliphatic rings. The minimum Gasteiger partial charge on any atom is -0.492 e. The molecule has 0 saturated carbocycles. The number of rotatable bonds is 4. The third kappa shape index (κ3) is 3.16. The first-order valence-corrected chi connectivity index (χ1v) is 6.15. The average molecular weight is 260 g/mol. The second kappa shape index (κ2) is 5.61. The molecule has 0 fully saturated rings. The highest BCUT2D eigenvalue weighted by atomic mass is 19.1. The van der Waals surface area contributed by atoms with Crippen molar-refractivity contribution in [3.8, 4) is 5.75 Å². The van der Waals surface area contributed by atoms with Crippen molar-refractivity contribution in [1.82, 2.24) is 0 Å². The quantitative estimate of drug-likeness (QED) is 0.821. The maximum Gasteiger partial charge on any atom is 0.146 e. The van der Waals surface area contributed by atoms with Gasteiger partial charge in [0.25, 0.3) is 0 Å². The molecule has 0 unspecified atom stereocenters. The van der Waals surface area contributed by atoms with Crippen molar-refractivity contribution in [2.45, 2.75) is 13.8 Å². The Labute approximate surface area is 112 Å². The van der Waals surface area contributed by atoms with Crippen molar-refractivity contribution in [2.24, 2.45) is 0 Å². The van der Waals surface area contributed by atoms with Crippen molar-refractivity contribution in [2.75, 3.05) is 17.7 Å². The highest BCUT2D eigenvalue weighted by Crippen LogP contribution is 2.28. The van der Waals surface area contributed by atoms with E-state index in [4.69, 9.17) is 10.5 Å². The molecule has 19 heavy (non-hydrogen) atoms. The Balaban J connectivity index is 2.28. The highest BCUT2D eigenvalue weighted by Gasteiger charge is 2.05. The Hall–Kier alpha value is -2.23. The Morgan fingerprint density at radius 1 is 1.21 bits per heavy atom. The first-order valence-electron chi connectivity index (χ1n) is 6.15. The summed E-state index contributed by atoms with van der Waals surface area (Å²) in [4.78, 5) is 0. The van der Waals surface area contributed by atoms with Gasteiger partial charge in [0.05, 0.1) is 18.0 Å². The van der Waals surface area contributed by atoms with Gasteiger partial charge in [-0.25, -0.2) is 4.39 Å². The molecule has 0 saturated heterocycles. The van der Waals surface area contributed by atoms with E-state index in [9.17, 15) is 4.39 Å². The Morgan fingerprint density at radius 3 is 2.74 bits per heavy atom. The van der Waals surface area contributed by atoms with Gasteiger partial charge in [-0.2, -0.15) is 0 Å². The lowest BCUT2D eigenvalue weighted by molar-refractivity contribution is 0.342. The normalized spacial score (nSPS) is 10.3. The topological polar surface area (TPSA) is 47.3 Å². The molecule has 0 heterocycles. The van der Waals surface area contributed by atoms with Gasteiger partial charge in [-0.3, -0.25) is 0 Å². The molecule has 0 atom stereocenters. The maximum absolute atomic E-state index is 13.7. The van der Waals surface area contributed by atoms with E-state index in [2.05, 4.69) is 5.32 Å². The zero-order valence-corrected chi connectivity index (χ0v) is 11.0. The molecule has 0 aliphatic heterocycles. The summed E-state index contributed by atoms with van der Waals surface area (Å²) in [6.07, 6.45) is 0. The number of nitrogens with one attached hydrogen (secondary N) is 1. The van der Waals surface area contributed by atoms with Gasteiger partial charge in [-0.15, -0.1) is 0 Å². The molecule has 2 rings (SSSR count). The van der Waals surface area contributed by atoms with Crippen LogP contribution in [0.1, 0.15) is 12.5 Å². The van der Waals surface area contributed by atoms with E-state index in [1.807, 2.05) is 13.8 Å². The van der Waals surface area contributed by atoms with Crippen LogP contribution in [0, 0.1) is 12.7 Å². The third-order valence-corrected chi connectivity index (χ3v) is 2.71. The molecule has 4 heteroatoms. The van der Waals surface area contributed by atoms with E-state index >= 15 is 0 Å². The van der Waals surface area contributed by atoms with Crippen LogP contribution in [-0.4, -0.2) is 6.61 Å². The summed E-state index contributed by atoms with van der Waals surface area (Å²) in [6, 6.07) is 10.2. The van der Waals surface area contributed by atoms with Crippen LogP contribution < -0.4 is 15.8 Å². The summed E-state index contributed by atoms with van der Waals surface area (Å²) in [7, 11) is 0. The molecule has 0 bridgehead atoms. The lowest BCUT2D eigenvalue weighted by Gasteiger charge is -2.12. The predicted octanol–water partition coefficient (Wildman–Crippen LogP) is 3.86. The monoisotopic (exact) mass is 260 g/mol. The molecular formula is C15H17FN2O. The summed E-state index contributed by atoms with van der Waals surface area (Å²) in [5.74, 6) is 0.306. The molecule has 0 radical (unpaired) electrons. The number of halogens is 1. The van der Waals surface area contributed by atoms with Gasteiger partial charge in [-0.1, -0.05) is 6.07 Å². The van der Waals surface area contributed by atoms with Crippen LogP contribution in [0.4, 0.5) is 21.5 Å². The summed E-state index contributed by atoms with van der Waals surface area (Å²) >= 11 is 0. The van der Waals surface area contributed by atoms with Crippen molar-refractivity contribution < 1.29 is 9.13 Å². The van der Waals surface area contributed by atoms with Gasteiger partial charge in [0.15, 0.2) is 0 Å². The Morgan fingerprint density at radius 2 is 2.00 bits per heavy atom. The summed E-state index contributed by atoms with van der Waals surface area (Å²) < 4.78 is 19.1. The van der Waals surface area contributed by atoms with Crippen LogP contribution >= 0.6 is 0 Å². The lowest BCUT2D eigenvalue weighted by Crippen LogP contribution is -1.99. The number of ether oxygens (including phenoxy) is 1. The molecule has 2 aromatic carbocycles. The number of hydrogen-bond donors (Lipinski definition) is 2. The molecule has 3 N–H and O–H groups in total. The zero-order valence-electron chi connectivity index (χ0n) is 11.0. The van der Waals surface area contributed by atoms with Gasteiger partial charge >= 0.3 is 0 Å². The standard InChI is InChI=1S/C15H17FN2O/c1-3-19-15-9-11(5-7-13(15)17)18-14-8-10(2)4-6-12(14)16/h4-9,18H,3,17H2,1-2H3. The van der Waals surface area contributed by atoms with Crippen molar-refractivity contribution in [1.29, 1.82) is 0 Å². The number of nitrogen functional groups attached to an aromatic ring is 1. The SMILES string of the molecule is CCOc1cc(Nc2cc(C)ccc2F)ccc1N. The van der Waals surface area contributed by atoms with E-state index in [1.54, 1.807) is 30.3 Å². The summed E-state index contributed by atoms with van der Waals surface area (Å²) in [5.41, 5.74) is 8.53. The van der Waals surface area contributed by atoms with Crippen molar-refractivity contribution in [3.63, 3.8) is 0 Å². The fourth-order valence-corrected chi connectivity index (χ4v) is 1.78. The lowest BCUT2D eigenvalue weighted by atomic mass is 10.2. The molecule has 0 aliphatic carbocycles. The fraction of sp³-hybridized carbons (Fsp3) is 0.200.